The Morgan fingerprint density at radius 2 is 1.90 bits per heavy atom. The maximum Gasteiger partial charge on any atom is 0.273 e. The smallest absolute Gasteiger partial charge is 0.273 e. The quantitative estimate of drug-likeness (QED) is 0.686. The van der Waals surface area contributed by atoms with Gasteiger partial charge in [-0.15, -0.1) is 11.3 Å². The first-order valence-electron chi connectivity index (χ1n) is 11.5. The van der Waals surface area contributed by atoms with Gasteiger partial charge in [-0.3, -0.25) is 4.79 Å². The molecule has 0 bridgehead atoms. The summed E-state index contributed by atoms with van der Waals surface area (Å²) in [6.07, 6.45) is 8.46. The molecule has 2 atom stereocenters. The third-order valence-corrected chi connectivity index (χ3v) is 8.45. The molecule has 1 saturated heterocycles. The number of nitrogens with zero attached hydrogens (tertiary/aromatic N) is 3. The first-order valence-corrected chi connectivity index (χ1v) is 12.4. The van der Waals surface area contributed by atoms with Gasteiger partial charge in [0.25, 0.3) is 5.91 Å². The molecule has 1 aliphatic carbocycles. The zero-order valence-corrected chi connectivity index (χ0v) is 19.6. The van der Waals surface area contributed by atoms with E-state index in [0.717, 1.165) is 29.5 Å². The molecule has 1 saturated carbocycles. The number of aryl methyl sites for hydroxylation is 1. The van der Waals surface area contributed by atoms with Gasteiger partial charge in [-0.05, 0) is 75.7 Å². The molecule has 5 nitrogen and oxygen atoms in total. The molecule has 1 amide bonds. The van der Waals surface area contributed by atoms with Crippen molar-refractivity contribution in [2.75, 3.05) is 6.61 Å². The van der Waals surface area contributed by atoms with Crippen molar-refractivity contribution in [3.63, 3.8) is 0 Å². The molecule has 3 heterocycles. The van der Waals surface area contributed by atoms with E-state index in [1.54, 1.807) is 11.3 Å². The van der Waals surface area contributed by atoms with Crippen molar-refractivity contribution in [3.8, 4) is 0 Å². The fourth-order valence-corrected chi connectivity index (χ4v) is 6.59. The molecule has 0 spiro atoms. The van der Waals surface area contributed by atoms with Crippen molar-refractivity contribution >= 4 is 27.5 Å². The van der Waals surface area contributed by atoms with Crippen molar-refractivity contribution < 1.29 is 9.90 Å². The summed E-state index contributed by atoms with van der Waals surface area (Å²) in [6, 6.07) is 2.54. The van der Waals surface area contributed by atoms with Crippen LogP contribution in [0.2, 0.25) is 0 Å². The van der Waals surface area contributed by atoms with Crippen LogP contribution in [0.5, 0.6) is 0 Å². The first kappa shape index (κ1) is 21.7. The highest BCUT2D eigenvalue weighted by atomic mass is 32.1. The van der Waals surface area contributed by atoms with E-state index in [-0.39, 0.29) is 24.6 Å². The van der Waals surface area contributed by atoms with Gasteiger partial charge >= 0.3 is 0 Å². The van der Waals surface area contributed by atoms with Crippen molar-refractivity contribution in [3.05, 3.63) is 22.5 Å². The molecule has 1 aliphatic heterocycles. The summed E-state index contributed by atoms with van der Waals surface area (Å²) in [6.45, 7) is 8.86. The fourth-order valence-electron chi connectivity index (χ4n) is 5.34. The lowest BCUT2D eigenvalue weighted by atomic mass is 9.73. The number of likely N-dealkylation sites (tertiary alicyclic amines) is 1. The summed E-state index contributed by atoms with van der Waals surface area (Å²) in [4.78, 5) is 27.3. The Morgan fingerprint density at radius 1 is 1.20 bits per heavy atom. The van der Waals surface area contributed by atoms with E-state index in [9.17, 15) is 9.90 Å². The number of hydrogen-bond donors (Lipinski definition) is 1. The predicted octanol–water partition coefficient (Wildman–Crippen LogP) is 5.45. The second-order valence-electron chi connectivity index (χ2n) is 9.94. The zero-order valence-electron chi connectivity index (χ0n) is 18.8. The minimum atomic E-state index is 0.0161. The monoisotopic (exact) mass is 429 g/mol. The standard InChI is InChI=1S/C24H35N3O2S/c1-5-17-6-7-18(10-13-28)27(17)23(29)21-19-14-20(30-22(19)26-15(2)25-21)16-8-11-24(3,4)12-9-16/h14,16-18,28H,5-13H2,1-4H3/t17-,18-/m1/s1. The Morgan fingerprint density at radius 3 is 2.57 bits per heavy atom. The topological polar surface area (TPSA) is 66.3 Å². The van der Waals surface area contributed by atoms with Gasteiger partial charge in [-0.2, -0.15) is 0 Å². The molecule has 30 heavy (non-hydrogen) atoms. The summed E-state index contributed by atoms with van der Waals surface area (Å²) in [7, 11) is 0. The van der Waals surface area contributed by atoms with Gasteiger partial charge in [-0.1, -0.05) is 20.8 Å². The maximum atomic E-state index is 13.7. The largest absolute Gasteiger partial charge is 0.396 e. The van der Waals surface area contributed by atoms with Crippen LogP contribution in [0.3, 0.4) is 0 Å². The second kappa shape index (κ2) is 8.54. The van der Waals surface area contributed by atoms with E-state index in [1.807, 2.05) is 11.8 Å². The van der Waals surface area contributed by atoms with E-state index in [4.69, 9.17) is 0 Å². The van der Waals surface area contributed by atoms with Crippen LogP contribution in [-0.4, -0.2) is 44.6 Å². The van der Waals surface area contributed by atoms with Crippen LogP contribution >= 0.6 is 11.3 Å². The molecule has 6 heteroatoms. The van der Waals surface area contributed by atoms with Crippen LogP contribution in [0.1, 0.15) is 99.2 Å². The van der Waals surface area contributed by atoms with Gasteiger partial charge < -0.3 is 10.0 Å². The van der Waals surface area contributed by atoms with E-state index >= 15 is 0 Å². The number of rotatable bonds is 5. The lowest BCUT2D eigenvalue weighted by molar-refractivity contribution is 0.0634. The highest BCUT2D eigenvalue weighted by Gasteiger charge is 2.37. The predicted molar refractivity (Wildman–Crippen MR) is 122 cm³/mol. The fraction of sp³-hybridized carbons (Fsp3) is 0.708. The molecule has 2 aromatic heterocycles. The molecule has 1 N–H and O–H groups in total. The van der Waals surface area contributed by atoms with Crippen LogP contribution in [-0.2, 0) is 0 Å². The minimum absolute atomic E-state index is 0.0161. The van der Waals surface area contributed by atoms with Gasteiger partial charge in [0.05, 0.1) is 0 Å². The Balaban J connectivity index is 1.68. The van der Waals surface area contributed by atoms with Crippen LogP contribution in [0.4, 0.5) is 0 Å². The van der Waals surface area contributed by atoms with Crippen LogP contribution in [0.15, 0.2) is 6.07 Å². The van der Waals surface area contributed by atoms with Gasteiger partial charge in [-0.25, -0.2) is 9.97 Å². The number of thiophene rings is 1. The summed E-state index contributed by atoms with van der Waals surface area (Å²) in [5.74, 6) is 1.25. The van der Waals surface area contributed by atoms with Crippen molar-refractivity contribution in [2.24, 2.45) is 5.41 Å². The third-order valence-electron chi connectivity index (χ3n) is 7.26. The summed E-state index contributed by atoms with van der Waals surface area (Å²) in [5.41, 5.74) is 0.997. The highest BCUT2D eigenvalue weighted by molar-refractivity contribution is 7.18. The van der Waals surface area contributed by atoms with Crippen molar-refractivity contribution in [1.82, 2.24) is 14.9 Å². The lowest BCUT2D eigenvalue weighted by Gasteiger charge is -2.33. The zero-order chi connectivity index (χ0) is 21.5. The molecular weight excluding hydrogens is 394 g/mol. The molecule has 4 rings (SSSR count). The molecule has 2 aliphatic rings. The Hall–Kier alpha value is -1.53. The Kier molecular flexibility index (Phi) is 6.18. The molecular formula is C24H35N3O2S. The Labute approximate surface area is 183 Å². The number of fused-ring (bicyclic) bond motifs is 1. The minimum Gasteiger partial charge on any atom is -0.396 e. The highest BCUT2D eigenvalue weighted by Crippen LogP contribution is 2.45. The summed E-state index contributed by atoms with van der Waals surface area (Å²) < 4.78 is 0. The van der Waals surface area contributed by atoms with E-state index in [0.29, 0.717) is 29.3 Å². The van der Waals surface area contributed by atoms with Gasteiger partial charge in [0.2, 0.25) is 0 Å². The Bertz CT molecular complexity index is 913. The average Bonchev–Trinajstić information content (AvgIpc) is 3.31. The van der Waals surface area contributed by atoms with Gasteiger partial charge in [0, 0.05) is 29.0 Å². The molecule has 164 valence electrons. The van der Waals surface area contributed by atoms with Crippen LogP contribution in [0, 0.1) is 12.3 Å². The SMILES string of the molecule is CC[C@@H]1CC[C@H](CCO)N1C(=O)c1nc(C)nc2sc(C3CCC(C)(C)CC3)cc12. The maximum absolute atomic E-state index is 13.7. The molecule has 2 aromatic rings. The summed E-state index contributed by atoms with van der Waals surface area (Å²) >= 11 is 1.75. The number of carbonyl (C=O) groups excluding carboxylic acids is 1. The van der Waals surface area contributed by atoms with E-state index in [2.05, 4.69) is 36.8 Å². The second-order valence-corrected chi connectivity index (χ2v) is 11.0. The number of aliphatic hydroxyl groups excluding tert-OH is 1. The number of aromatic nitrogens is 2. The van der Waals surface area contributed by atoms with Gasteiger partial charge in [0.15, 0.2) is 0 Å². The average molecular weight is 430 g/mol. The van der Waals surface area contributed by atoms with E-state index in [1.165, 1.54) is 30.6 Å². The van der Waals surface area contributed by atoms with Gasteiger partial charge in [0.1, 0.15) is 16.3 Å². The number of hydrogen-bond acceptors (Lipinski definition) is 5. The third kappa shape index (κ3) is 4.13. The molecule has 0 unspecified atom stereocenters. The normalized spacial score (nSPS) is 24.6. The molecule has 0 radical (unpaired) electrons. The molecule has 2 fully saturated rings. The molecule has 0 aromatic carbocycles. The summed E-state index contributed by atoms with van der Waals surface area (Å²) in [5, 5.41) is 10.4. The van der Waals surface area contributed by atoms with Crippen molar-refractivity contribution in [1.29, 1.82) is 0 Å². The number of aliphatic hydroxyl groups is 1. The first-order chi connectivity index (χ1) is 14.3. The number of amides is 1. The lowest BCUT2D eigenvalue weighted by Crippen LogP contribution is -2.42. The van der Waals surface area contributed by atoms with Crippen molar-refractivity contribution in [2.45, 2.75) is 97.1 Å². The van der Waals surface area contributed by atoms with Crippen LogP contribution < -0.4 is 0 Å². The van der Waals surface area contributed by atoms with E-state index < -0.39 is 0 Å². The van der Waals surface area contributed by atoms with Crippen LogP contribution in [0.25, 0.3) is 10.2 Å². The number of carbonyl (C=O) groups is 1.